The fourth-order valence-corrected chi connectivity index (χ4v) is 3.22. The number of nitrogens with one attached hydrogen (secondary N) is 1. The highest BCUT2D eigenvalue weighted by Crippen LogP contribution is 2.17. The third-order valence-corrected chi connectivity index (χ3v) is 4.69. The molecule has 1 saturated heterocycles. The number of rotatable bonds is 4. The Hall–Kier alpha value is -1.87. The fraction of sp³-hybridized carbons (Fsp3) is 0.421. The minimum absolute atomic E-state index is 0.264. The van der Waals surface area contributed by atoms with Gasteiger partial charge in [0.15, 0.2) is 0 Å². The lowest BCUT2D eigenvalue weighted by Gasteiger charge is -2.31. The first kappa shape index (κ1) is 15.0. The van der Waals surface area contributed by atoms with Crippen LogP contribution in [0.1, 0.15) is 24.8 Å². The first-order chi connectivity index (χ1) is 10.7. The number of piperidine rings is 1. The van der Waals surface area contributed by atoms with Gasteiger partial charge in [0, 0.05) is 19.5 Å². The summed E-state index contributed by atoms with van der Waals surface area (Å²) in [6, 6.07) is 15.3. The van der Waals surface area contributed by atoms with Gasteiger partial charge in [-0.2, -0.15) is 0 Å². The molecule has 1 amide bonds. The van der Waals surface area contributed by atoms with Gasteiger partial charge >= 0.3 is 0 Å². The Kier molecular flexibility index (Phi) is 4.74. The van der Waals surface area contributed by atoms with Gasteiger partial charge in [-0.05, 0) is 48.7 Å². The summed E-state index contributed by atoms with van der Waals surface area (Å²) >= 11 is 0. The van der Waals surface area contributed by atoms with Crippen LogP contribution >= 0.6 is 0 Å². The van der Waals surface area contributed by atoms with Crippen molar-refractivity contribution in [1.82, 2.24) is 10.2 Å². The number of carbonyl (C=O) groups excluding carboxylic acids is 1. The van der Waals surface area contributed by atoms with Crippen LogP contribution in [0.4, 0.5) is 0 Å². The van der Waals surface area contributed by atoms with E-state index in [1.807, 2.05) is 11.9 Å². The standard InChI is InChI=1S/C19H24N2O/c1-21(18-10-12-20-13-11-18)19(22)9-7-15-6-8-16-4-2-3-5-17(16)14-15/h2-6,8,14,18,20H,7,9-13H2,1H3. The molecule has 3 rings (SSSR count). The minimum atomic E-state index is 0.264. The number of amides is 1. The SMILES string of the molecule is CN(C(=O)CCc1ccc2ccccc2c1)C1CCNCC1. The van der Waals surface area contributed by atoms with Crippen molar-refractivity contribution >= 4 is 16.7 Å². The molecule has 0 bridgehead atoms. The molecule has 1 N–H and O–H groups in total. The largest absolute Gasteiger partial charge is 0.343 e. The molecule has 0 unspecified atom stereocenters. The van der Waals surface area contributed by atoms with Crippen LogP contribution < -0.4 is 5.32 Å². The van der Waals surface area contributed by atoms with Crippen molar-refractivity contribution in [3.63, 3.8) is 0 Å². The Labute approximate surface area is 132 Å². The minimum Gasteiger partial charge on any atom is -0.343 e. The molecular weight excluding hydrogens is 272 g/mol. The van der Waals surface area contributed by atoms with Crippen LogP contribution in [0.25, 0.3) is 10.8 Å². The molecule has 0 atom stereocenters. The van der Waals surface area contributed by atoms with Crippen LogP contribution in [-0.4, -0.2) is 37.0 Å². The monoisotopic (exact) mass is 296 g/mol. The summed E-state index contributed by atoms with van der Waals surface area (Å²) in [5.74, 6) is 0.264. The maximum atomic E-state index is 12.4. The van der Waals surface area contributed by atoms with Gasteiger partial charge in [0.25, 0.3) is 0 Å². The zero-order chi connectivity index (χ0) is 15.4. The maximum Gasteiger partial charge on any atom is 0.222 e. The first-order valence-corrected chi connectivity index (χ1v) is 8.18. The van der Waals surface area contributed by atoms with E-state index in [1.54, 1.807) is 0 Å². The lowest BCUT2D eigenvalue weighted by Crippen LogP contribution is -2.44. The maximum absolute atomic E-state index is 12.4. The van der Waals surface area contributed by atoms with E-state index in [2.05, 4.69) is 47.8 Å². The second-order valence-electron chi connectivity index (χ2n) is 6.17. The number of carbonyl (C=O) groups is 1. The van der Waals surface area contributed by atoms with E-state index in [0.717, 1.165) is 32.4 Å². The summed E-state index contributed by atoms with van der Waals surface area (Å²) in [4.78, 5) is 14.3. The van der Waals surface area contributed by atoms with Gasteiger partial charge in [-0.1, -0.05) is 42.5 Å². The molecule has 1 fully saturated rings. The molecule has 0 radical (unpaired) electrons. The molecule has 0 spiro atoms. The third kappa shape index (κ3) is 3.47. The van der Waals surface area contributed by atoms with E-state index >= 15 is 0 Å². The average molecular weight is 296 g/mol. The van der Waals surface area contributed by atoms with Crippen molar-refractivity contribution in [3.8, 4) is 0 Å². The van der Waals surface area contributed by atoms with Crippen molar-refractivity contribution < 1.29 is 4.79 Å². The average Bonchev–Trinajstić information content (AvgIpc) is 2.59. The molecular formula is C19H24N2O. The predicted molar refractivity (Wildman–Crippen MR) is 90.9 cm³/mol. The van der Waals surface area contributed by atoms with Gasteiger partial charge < -0.3 is 10.2 Å². The normalized spacial score (nSPS) is 15.9. The molecule has 0 aromatic heterocycles. The van der Waals surface area contributed by atoms with Crippen LogP contribution in [0, 0.1) is 0 Å². The molecule has 3 heteroatoms. The predicted octanol–water partition coefficient (Wildman–Crippen LogP) is 2.98. The number of benzene rings is 2. The van der Waals surface area contributed by atoms with E-state index in [1.165, 1.54) is 16.3 Å². The van der Waals surface area contributed by atoms with Crippen molar-refractivity contribution in [2.24, 2.45) is 0 Å². The first-order valence-electron chi connectivity index (χ1n) is 8.18. The molecule has 0 aliphatic carbocycles. The molecule has 22 heavy (non-hydrogen) atoms. The summed E-state index contributed by atoms with van der Waals surface area (Å²) in [6.45, 7) is 2.04. The molecule has 2 aromatic carbocycles. The van der Waals surface area contributed by atoms with Crippen molar-refractivity contribution in [2.75, 3.05) is 20.1 Å². The Bertz CT molecular complexity index is 647. The highest BCUT2D eigenvalue weighted by atomic mass is 16.2. The van der Waals surface area contributed by atoms with E-state index < -0.39 is 0 Å². The summed E-state index contributed by atoms with van der Waals surface area (Å²) in [7, 11) is 1.96. The van der Waals surface area contributed by atoms with Gasteiger partial charge in [0.05, 0.1) is 0 Å². The molecule has 1 heterocycles. The number of hydrogen-bond donors (Lipinski definition) is 1. The Morgan fingerprint density at radius 2 is 1.86 bits per heavy atom. The number of aryl methyl sites for hydroxylation is 1. The van der Waals surface area contributed by atoms with Crippen molar-refractivity contribution in [1.29, 1.82) is 0 Å². The van der Waals surface area contributed by atoms with Gasteiger partial charge in [0.1, 0.15) is 0 Å². The summed E-state index contributed by atoms with van der Waals surface area (Å²) in [5, 5.41) is 5.85. The van der Waals surface area contributed by atoms with Crippen LogP contribution in [-0.2, 0) is 11.2 Å². The quantitative estimate of drug-likeness (QED) is 0.940. The molecule has 1 aliphatic rings. The third-order valence-electron chi connectivity index (χ3n) is 4.69. The highest BCUT2D eigenvalue weighted by molar-refractivity contribution is 5.83. The zero-order valence-electron chi connectivity index (χ0n) is 13.2. The topological polar surface area (TPSA) is 32.3 Å². The van der Waals surface area contributed by atoms with Crippen molar-refractivity contribution in [2.45, 2.75) is 31.7 Å². The summed E-state index contributed by atoms with van der Waals surface area (Å²) in [5.41, 5.74) is 1.24. The summed E-state index contributed by atoms with van der Waals surface area (Å²) < 4.78 is 0. The van der Waals surface area contributed by atoms with E-state index in [9.17, 15) is 4.79 Å². The zero-order valence-corrected chi connectivity index (χ0v) is 13.2. The smallest absolute Gasteiger partial charge is 0.222 e. The fourth-order valence-electron chi connectivity index (χ4n) is 3.22. The Morgan fingerprint density at radius 3 is 2.64 bits per heavy atom. The van der Waals surface area contributed by atoms with Crippen LogP contribution in [0.15, 0.2) is 42.5 Å². The van der Waals surface area contributed by atoms with Gasteiger partial charge in [-0.15, -0.1) is 0 Å². The van der Waals surface area contributed by atoms with Gasteiger partial charge in [-0.3, -0.25) is 4.79 Å². The van der Waals surface area contributed by atoms with Crippen molar-refractivity contribution in [3.05, 3.63) is 48.0 Å². The van der Waals surface area contributed by atoms with E-state index in [-0.39, 0.29) is 5.91 Å². The second-order valence-corrected chi connectivity index (χ2v) is 6.17. The van der Waals surface area contributed by atoms with Gasteiger partial charge in [0.2, 0.25) is 5.91 Å². The Balaban J connectivity index is 1.59. The lowest BCUT2D eigenvalue weighted by molar-refractivity contribution is -0.132. The molecule has 3 nitrogen and oxygen atoms in total. The molecule has 0 saturated carbocycles. The molecule has 116 valence electrons. The van der Waals surface area contributed by atoms with Crippen LogP contribution in [0.3, 0.4) is 0 Å². The molecule has 1 aliphatic heterocycles. The van der Waals surface area contributed by atoms with Gasteiger partial charge in [-0.25, -0.2) is 0 Å². The molecule has 2 aromatic rings. The van der Waals surface area contributed by atoms with E-state index in [0.29, 0.717) is 12.5 Å². The lowest BCUT2D eigenvalue weighted by atomic mass is 10.0. The van der Waals surface area contributed by atoms with E-state index in [4.69, 9.17) is 0 Å². The Morgan fingerprint density at radius 1 is 1.14 bits per heavy atom. The highest BCUT2D eigenvalue weighted by Gasteiger charge is 2.21. The second kappa shape index (κ2) is 6.93. The van der Waals surface area contributed by atoms with Crippen LogP contribution in [0.5, 0.6) is 0 Å². The number of fused-ring (bicyclic) bond motifs is 1. The van der Waals surface area contributed by atoms with Crippen LogP contribution in [0.2, 0.25) is 0 Å². The number of nitrogens with zero attached hydrogens (tertiary/aromatic N) is 1. The summed E-state index contributed by atoms with van der Waals surface area (Å²) in [6.07, 6.45) is 3.55. The number of hydrogen-bond acceptors (Lipinski definition) is 2.